The molecule has 3 atom stereocenters. The van der Waals surface area contributed by atoms with Gasteiger partial charge in [-0.2, -0.15) is 13.8 Å². The first-order valence-corrected chi connectivity index (χ1v) is 10.8. The number of nitrogens with zero attached hydrogens (tertiary/aromatic N) is 4. The summed E-state index contributed by atoms with van der Waals surface area (Å²) in [5, 5.41) is 0. The first kappa shape index (κ1) is 19.7. The Hall–Kier alpha value is -2.25. The molecule has 1 aromatic heterocycles. The van der Waals surface area contributed by atoms with Gasteiger partial charge in [0.05, 0.1) is 7.11 Å². The van der Waals surface area contributed by atoms with Gasteiger partial charge in [-0.15, -0.1) is 0 Å². The smallest absolute Gasteiger partial charge is 0.305 e. The lowest BCUT2D eigenvalue weighted by molar-refractivity contribution is -0.141. The molecule has 4 aliphatic rings. The summed E-state index contributed by atoms with van der Waals surface area (Å²) >= 11 is 0. The number of halogens is 2. The van der Waals surface area contributed by atoms with Gasteiger partial charge in [0.25, 0.3) is 5.92 Å². The van der Waals surface area contributed by atoms with Gasteiger partial charge < -0.3 is 14.5 Å². The maximum atomic E-state index is 14.7. The Labute approximate surface area is 175 Å². The van der Waals surface area contributed by atoms with E-state index in [0.717, 1.165) is 38.2 Å². The largest absolute Gasteiger partial charge is 0.469 e. The number of fused-ring (bicyclic) bond motifs is 2. The summed E-state index contributed by atoms with van der Waals surface area (Å²) in [7, 11) is 1.41. The van der Waals surface area contributed by atoms with E-state index < -0.39 is 5.92 Å². The molecule has 2 aliphatic carbocycles. The fourth-order valence-corrected chi connectivity index (χ4v) is 5.73. The van der Waals surface area contributed by atoms with E-state index in [9.17, 15) is 13.6 Å². The standard InChI is InChI=1S/C22H28F2N4O2/c1-13-6-4-5-9-28(13)20-25-18-14(7-8-22(18,23)24)19(26-20)27-11-16-15(10-17(29)30-3)21(16,2)12-27/h6,15-16H,4-5,7-12H2,1-3H3/t15-,16-,21+/m0/s1. The van der Waals surface area contributed by atoms with Gasteiger partial charge in [-0.25, -0.2) is 4.98 Å². The number of alkyl halides is 2. The predicted octanol–water partition coefficient (Wildman–Crippen LogP) is 3.65. The topological polar surface area (TPSA) is 58.6 Å². The molecule has 6 nitrogen and oxygen atoms in total. The number of esters is 1. The fraction of sp³-hybridized carbons (Fsp3) is 0.682. The fourth-order valence-electron chi connectivity index (χ4n) is 5.73. The zero-order chi connectivity index (χ0) is 21.3. The minimum Gasteiger partial charge on any atom is -0.469 e. The van der Waals surface area contributed by atoms with E-state index in [-0.39, 0.29) is 23.5 Å². The zero-order valence-corrected chi connectivity index (χ0v) is 17.8. The predicted molar refractivity (Wildman–Crippen MR) is 109 cm³/mol. The summed E-state index contributed by atoms with van der Waals surface area (Å²) in [5.74, 6) is -1.38. The van der Waals surface area contributed by atoms with Crippen LogP contribution in [0.15, 0.2) is 11.8 Å². The van der Waals surface area contributed by atoms with Crippen molar-refractivity contribution in [2.45, 2.75) is 51.9 Å². The molecule has 1 saturated carbocycles. The molecule has 30 heavy (non-hydrogen) atoms. The Balaban J connectivity index is 1.47. The van der Waals surface area contributed by atoms with Gasteiger partial charge in [-0.3, -0.25) is 4.79 Å². The van der Waals surface area contributed by atoms with Crippen LogP contribution in [0.3, 0.4) is 0 Å². The molecule has 0 aromatic carbocycles. The highest BCUT2D eigenvalue weighted by Crippen LogP contribution is 2.65. The summed E-state index contributed by atoms with van der Waals surface area (Å²) < 4.78 is 34.2. The average Bonchev–Trinajstić information content (AvgIpc) is 2.99. The molecule has 8 heteroatoms. The average molecular weight is 418 g/mol. The van der Waals surface area contributed by atoms with E-state index in [2.05, 4.69) is 22.9 Å². The highest BCUT2D eigenvalue weighted by Gasteiger charge is 2.66. The van der Waals surface area contributed by atoms with Crippen LogP contribution in [0.25, 0.3) is 0 Å². The number of carbonyl (C=O) groups is 1. The molecule has 1 aromatic rings. The van der Waals surface area contributed by atoms with Crippen LogP contribution in [-0.4, -0.2) is 42.7 Å². The quantitative estimate of drug-likeness (QED) is 0.696. The van der Waals surface area contributed by atoms with Crippen LogP contribution in [0.5, 0.6) is 0 Å². The normalized spacial score (nSPS) is 31.3. The molecule has 0 spiro atoms. The molecular weight excluding hydrogens is 390 g/mol. The molecule has 0 amide bonds. The second-order valence-corrected chi connectivity index (χ2v) is 9.40. The molecule has 1 saturated heterocycles. The van der Waals surface area contributed by atoms with Crippen molar-refractivity contribution in [2.75, 3.05) is 36.5 Å². The van der Waals surface area contributed by atoms with Crippen LogP contribution in [0.4, 0.5) is 20.5 Å². The summed E-state index contributed by atoms with van der Waals surface area (Å²) in [6.45, 7) is 6.37. The van der Waals surface area contributed by atoms with E-state index in [1.54, 1.807) is 0 Å². The molecular formula is C22H28F2N4O2. The summed E-state index contributed by atoms with van der Waals surface area (Å²) in [6, 6.07) is 0. The zero-order valence-electron chi connectivity index (χ0n) is 17.8. The third-order valence-corrected chi connectivity index (χ3v) is 7.63. The molecule has 0 bridgehead atoms. The van der Waals surface area contributed by atoms with Crippen LogP contribution in [0.1, 0.15) is 50.8 Å². The van der Waals surface area contributed by atoms with E-state index in [1.807, 2.05) is 11.8 Å². The number of rotatable bonds is 4. The van der Waals surface area contributed by atoms with E-state index >= 15 is 0 Å². The van der Waals surface area contributed by atoms with Crippen molar-refractivity contribution in [3.05, 3.63) is 23.0 Å². The van der Waals surface area contributed by atoms with Gasteiger partial charge in [0.2, 0.25) is 5.95 Å². The number of piperidine rings is 1. The van der Waals surface area contributed by atoms with Crippen molar-refractivity contribution in [1.29, 1.82) is 0 Å². The first-order chi connectivity index (χ1) is 14.2. The van der Waals surface area contributed by atoms with Crippen molar-refractivity contribution in [1.82, 2.24) is 9.97 Å². The SMILES string of the molecule is COC(=O)C[C@H]1[C@@H]2CN(c3nc(N4CCCC=C4C)nc4c3CCC4(F)F)C[C@]12C. The third kappa shape index (κ3) is 2.90. The number of hydrogen-bond acceptors (Lipinski definition) is 6. The Morgan fingerprint density at radius 2 is 2.17 bits per heavy atom. The van der Waals surface area contributed by atoms with Crippen LogP contribution >= 0.6 is 0 Å². The van der Waals surface area contributed by atoms with Gasteiger partial charge >= 0.3 is 5.97 Å². The summed E-state index contributed by atoms with van der Waals surface area (Å²) in [4.78, 5) is 25.0. The molecule has 0 N–H and O–H groups in total. The van der Waals surface area contributed by atoms with Crippen LogP contribution in [-0.2, 0) is 21.9 Å². The highest BCUT2D eigenvalue weighted by atomic mass is 19.3. The molecule has 0 unspecified atom stereocenters. The number of anilines is 2. The van der Waals surface area contributed by atoms with Crippen LogP contribution < -0.4 is 9.80 Å². The molecule has 2 aliphatic heterocycles. The van der Waals surface area contributed by atoms with E-state index in [1.165, 1.54) is 7.11 Å². The van der Waals surface area contributed by atoms with Gasteiger partial charge in [0.1, 0.15) is 11.5 Å². The van der Waals surface area contributed by atoms with Gasteiger partial charge in [-0.1, -0.05) is 13.0 Å². The number of methoxy groups -OCH3 is 1. The van der Waals surface area contributed by atoms with Crippen molar-refractivity contribution in [2.24, 2.45) is 17.3 Å². The Kier molecular flexibility index (Phi) is 4.35. The Morgan fingerprint density at radius 1 is 1.37 bits per heavy atom. The van der Waals surface area contributed by atoms with E-state index in [4.69, 9.17) is 9.72 Å². The number of ether oxygens (including phenoxy) is 1. The van der Waals surface area contributed by atoms with Crippen molar-refractivity contribution < 1.29 is 18.3 Å². The lowest BCUT2D eigenvalue weighted by atomic mass is 10.0. The van der Waals surface area contributed by atoms with Gasteiger partial charge in [0.15, 0.2) is 0 Å². The monoisotopic (exact) mass is 418 g/mol. The first-order valence-electron chi connectivity index (χ1n) is 10.8. The maximum Gasteiger partial charge on any atom is 0.305 e. The molecule has 2 fully saturated rings. The number of aromatic nitrogens is 2. The summed E-state index contributed by atoms with van der Waals surface area (Å²) in [5.41, 5.74) is 1.52. The van der Waals surface area contributed by atoms with Gasteiger partial charge in [-0.05, 0) is 43.4 Å². The van der Waals surface area contributed by atoms with E-state index in [0.29, 0.717) is 42.0 Å². The number of carbonyl (C=O) groups excluding carboxylic acids is 1. The third-order valence-electron chi connectivity index (χ3n) is 7.63. The Morgan fingerprint density at radius 3 is 2.83 bits per heavy atom. The molecule has 162 valence electrons. The molecule has 3 heterocycles. The molecule has 0 radical (unpaired) electrons. The van der Waals surface area contributed by atoms with Crippen molar-refractivity contribution >= 4 is 17.7 Å². The maximum absolute atomic E-state index is 14.7. The lowest BCUT2D eigenvalue weighted by Gasteiger charge is -2.30. The summed E-state index contributed by atoms with van der Waals surface area (Å²) in [6.07, 6.45) is 4.58. The lowest BCUT2D eigenvalue weighted by Crippen LogP contribution is -2.32. The molecule has 5 rings (SSSR count). The van der Waals surface area contributed by atoms with Crippen molar-refractivity contribution in [3.8, 4) is 0 Å². The Bertz CT molecular complexity index is 934. The highest BCUT2D eigenvalue weighted by molar-refractivity contribution is 5.70. The van der Waals surface area contributed by atoms with Crippen LogP contribution in [0, 0.1) is 17.3 Å². The number of hydrogen-bond donors (Lipinski definition) is 0. The second-order valence-electron chi connectivity index (χ2n) is 9.40. The second kappa shape index (κ2) is 6.62. The van der Waals surface area contributed by atoms with Crippen molar-refractivity contribution in [3.63, 3.8) is 0 Å². The van der Waals surface area contributed by atoms with Crippen LogP contribution in [0.2, 0.25) is 0 Å². The minimum atomic E-state index is -2.91. The van der Waals surface area contributed by atoms with Gasteiger partial charge in [0, 0.05) is 43.7 Å². The number of allylic oxidation sites excluding steroid dienone is 2. The minimum absolute atomic E-state index is 0.00819.